The number of pyridine rings is 1. The molecule has 5 nitrogen and oxygen atoms in total. The van der Waals surface area contributed by atoms with Gasteiger partial charge in [0.15, 0.2) is 5.78 Å². The Kier molecular flexibility index (Phi) is 5.50. The summed E-state index contributed by atoms with van der Waals surface area (Å²) in [4.78, 5) is 28.2. The second-order valence-electron chi connectivity index (χ2n) is 6.36. The molecule has 138 valence electrons. The number of aromatic hydroxyl groups is 1. The molecule has 1 aromatic heterocycles. The van der Waals surface area contributed by atoms with Crippen molar-refractivity contribution in [2.45, 2.75) is 26.7 Å². The van der Waals surface area contributed by atoms with Crippen LogP contribution in [0.25, 0.3) is 22.0 Å². The number of hydrogen-bond acceptors (Lipinski definition) is 5. The minimum atomic E-state index is -0.437. The summed E-state index contributed by atoms with van der Waals surface area (Å²) < 4.78 is 4.83. The van der Waals surface area contributed by atoms with Crippen LogP contribution in [0.2, 0.25) is 0 Å². The molecule has 0 atom stereocenters. The average Bonchev–Trinajstić information content (AvgIpc) is 2.66. The van der Waals surface area contributed by atoms with E-state index in [0.717, 1.165) is 16.5 Å². The Morgan fingerprint density at radius 2 is 1.70 bits per heavy atom. The molecule has 0 fully saturated rings. The zero-order chi connectivity index (χ0) is 19.4. The Balaban J connectivity index is 1.90. The molecule has 3 aromatic rings. The second kappa shape index (κ2) is 7.99. The summed E-state index contributed by atoms with van der Waals surface area (Å²) >= 11 is 0. The number of carbonyl (C=O) groups is 2. The molecule has 0 aliphatic rings. The Labute approximate surface area is 157 Å². The van der Waals surface area contributed by atoms with Crippen LogP contribution >= 0.6 is 0 Å². The summed E-state index contributed by atoms with van der Waals surface area (Å²) in [6, 6.07) is 15.4. The number of fused-ring (bicyclic) bond motifs is 1. The lowest BCUT2D eigenvalue weighted by Gasteiger charge is -2.08. The summed E-state index contributed by atoms with van der Waals surface area (Å²) in [5.41, 5.74) is 3.80. The molecule has 0 bridgehead atoms. The summed E-state index contributed by atoms with van der Waals surface area (Å²) in [5.74, 6) is -1.00. The van der Waals surface area contributed by atoms with E-state index in [0.29, 0.717) is 5.52 Å². The fraction of sp³-hybridized carbons (Fsp3) is 0.227. The van der Waals surface area contributed by atoms with Gasteiger partial charge in [-0.05, 0) is 37.1 Å². The van der Waals surface area contributed by atoms with Crippen LogP contribution in [0.3, 0.4) is 0 Å². The van der Waals surface area contributed by atoms with Gasteiger partial charge >= 0.3 is 5.97 Å². The molecule has 0 aliphatic heterocycles. The summed E-state index contributed by atoms with van der Waals surface area (Å²) in [7, 11) is 0. The van der Waals surface area contributed by atoms with E-state index in [9.17, 15) is 14.7 Å². The number of esters is 1. The van der Waals surface area contributed by atoms with Gasteiger partial charge in [0.1, 0.15) is 11.4 Å². The lowest BCUT2D eigenvalue weighted by Crippen LogP contribution is -2.09. The Morgan fingerprint density at radius 1 is 1.00 bits per heavy atom. The van der Waals surface area contributed by atoms with Gasteiger partial charge in [-0.15, -0.1) is 0 Å². The highest BCUT2D eigenvalue weighted by molar-refractivity contribution is 6.00. The maximum atomic E-state index is 12.4. The van der Waals surface area contributed by atoms with Crippen LogP contribution in [0.4, 0.5) is 0 Å². The molecule has 0 saturated heterocycles. The second-order valence-corrected chi connectivity index (χ2v) is 6.36. The largest absolute Gasteiger partial charge is 0.506 e. The van der Waals surface area contributed by atoms with E-state index >= 15 is 0 Å². The Hall–Kier alpha value is -3.21. The lowest BCUT2D eigenvalue weighted by molar-refractivity contribution is -0.143. The van der Waals surface area contributed by atoms with E-state index in [2.05, 4.69) is 4.98 Å². The molecule has 5 heteroatoms. The molecule has 0 saturated carbocycles. The van der Waals surface area contributed by atoms with E-state index in [4.69, 9.17) is 4.74 Å². The number of rotatable bonds is 6. The molecule has 3 rings (SSSR count). The average molecular weight is 363 g/mol. The molecule has 0 radical (unpaired) electrons. The monoisotopic (exact) mass is 363 g/mol. The Bertz CT molecular complexity index is 993. The smallest absolute Gasteiger partial charge is 0.306 e. The van der Waals surface area contributed by atoms with Crippen LogP contribution in [-0.4, -0.2) is 28.4 Å². The SMILES string of the molecule is CCOC(=O)CCC(=O)c1nc2cc(-c3ccc(C)cc3)ccc2cc1O. The minimum Gasteiger partial charge on any atom is -0.506 e. The van der Waals surface area contributed by atoms with Crippen molar-refractivity contribution in [2.24, 2.45) is 0 Å². The van der Waals surface area contributed by atoms with E-state index in [-0.39, 0.29) is 36.7 Å². The van der Waals surface area contributed by atoms with Gasteiger partial charge in [0.05, 0.1) is 18.5 Å². The summed E-state index contributed by atoms with van der Waals surface area (Å²) in [6.45, 7) is 4.01. The van der Waals surface area contributed by atoms with Crippen molar-refractivity contribution < 1.29 is 19.4 Å². The highest BCUT2D eigenvalue weighted by Crippen LogP contribution is 2.28. The number of Topliss-reactive ketones (excluding diaryl/α,β-unsaturated/α-hetero) is 1. The summed E-state index contributed by atoms with van der Waals surface area (Å²) in [5, 5.41) is 10.9. The molecule has 0 amide bonds. The molecular weight excluding hydrogens is 342 g/mol. The van der Waals surface area contributed by atoms with Crippen molar-refractivity contribution >= 4 is 22.7 Å². The van der Waals surface area contributed by atoms with Gasteiger partial charge in [0, 0.05) is 11.8 Å². The number of hydrogen-bond donors (Lipinski definition) is 1. The first kappa shape index (κ1) is 18.6. The predicted octanol–water partition coefficient (Wildman–Crippen LogP) is 4.44. The maximum Gasteiger partial charge on any atom is 0.306 e. The van der Waals surface area contributed by atoms with Gasteiger partial charge in [0.2, 0.25) is 0 Å². The number of carbonyl (C=O) groups excluding carboxylic acids is 2. The first-order valence-electron chi connectivity index (χ1n) is 8.87. The minimum absolute atomic E-state index is 0.0205. The van der Waals surface area contributed by atoms with Gasteiger partial charge in [-0.2, -0.15) is 0 Å². The van der Waals surface area contributed by atoms with Crippen LogP contribution in [0.15, 0.2) is 48.5 Å². The number of aromatic nitrogens is 1. The zero-order valence-corrected chi connectivity index (χ0v) is 15.4. The normalized spacial score (nSPS) is 10.7. The van der Waals surface area contributed by atoms with Crippen LogP contribution in [0.1, 0.15) is 35.8 Å². The third-order valence-electron chi connectivity index (χ3n) is 4.31. The predicted molar refractivity (Wildman–Crippen MR) is 104 cm³/mol. The highest BCUT2D eigenvalue weighted by Gasteiger charge is 2.16. The van der Waals surface area contributed by atoms with Crippen LogP contribution in [0.5, 0.6) is 5.75 Å². The fourth-order valence-corrected chi connectivity index (χ4v) is 2.85. The van der Waals surface area contributed by atoms with Gasteiger partial charge < -0.3 is 9.84 Å². The third-order valence-corrected chi connectivity index (χ3v) is 4.31. The highest BCUT2D eigenvalue weighted by atomic mass is 16.5. The quantitative estimate of drug-likeness (QED) is 0.517. The fourth-order valence-electron chi connectivity index (χ4n) is 2.85. The van der Waals surface area contributed by atoms with Gasteiger partial charge in [-0.3, -0.25) is 9.59 Å². The van der Waals surface area contributed by atoms with Crippen LogP contribution < -0.4 is 0 Å². The van der Waals surface area contributed by atoms with Gasteiger partial charge in [-0.1, -0.05) is 42.0 Å². The molecule has 0 spiro atoms. The van der Waals surface area contributed by atoms with Crippen molar-refractivity contribution in [1.82, 2.24) is 4.98 Å². The first-order chi connectivity index (χ1) is 13.0. The maximum absolute atomic E-state index is 12.4. The van der Waals surface area contributed by atoms with Crippen LogP contribution in [-0.2, 0) is 9.53 Å². The third kappa shape index (κ3) is 4.31. The number of aryl methyl sites for hydroxylation is 1. The van der Waals surface area contributed by atoms with Gasteiger partial charge in [-0.25, -0.2) is 4.98 Å². The molecule has 2 aromatic carbocycles. The first-order valence-corrected chi connectivity index (χ1v) is 8.87. The number of benzene rings is 2. The standard InChI is InChI=1S/C22H21NO4/c1-3-27-21(26)11-10-19(24)22-20(25)13-17-9-8-16(12-18(17)23-22)15-6-4-14(2)5-7-15/h4-9,12-13,25H,3,10-11H2,1-2H3. The molecule has 27 heavy (non-hydrogen) atoms. The topological polar surface area (TPSA) is 76.5 Å². The van der Waals surface area contributed by atoms with E-state index in [1.54, 1.807) is 6.92 Å². The summed E-state index contributed by atoms with van der Waals surface area (Å²) in [6.07, 6.45) is -0.0855. The number of ketones is 1. The molecule has 0 unspecified atom stereocenters. The zero-order valence-electron chi connectivity index (χ0n) is 15.4. The van der Waals surface area contributed by atoms with Gasteiger partial charge in [0.25, 0.3) is 0 Å². The Morgan fingerprint density at radius 3 is 2.41 bits per heavy atom. The van der Waals surface area contributed by atoms with E-state index in [1.807, 2.05) is 49.4 Å². The van der Waals surface area contributed by atoms with Crippen molar-refractivity contribution in [3.8, 4) is 16.9 Å². The number of nitrogens with zero attached hydrogens (tertiary/aromatic N) is 1. The van der Waals surface area contributed by atoms with E-state index < -0.39 is 5.97 Å². The van der Waals surface area contributed by atoms with Crippen molar-refractivity contribution in [3.05, 3.63) is 59.8 Å². The lowest BCUT2D eigenvalue weighted by atomic mass is 10.0. The molecule has 1 N–H and O–H groups in total. The van der Waals surface area contributed by atoms with Crippen LogP contribution in [0, 0.1) is 6.92 Å². The molecular formula is C22H21NO4. The van der Waals surface area contributed by atoms with Crippen molar-refractivity contribution in [3.63, 3.8) is 0 Å². The van der Waals surface area contributed by atoms with Crippen molar-refractivity contribution in [1.29, 1.82) is 0 Å². The number of ether oxygens (including phenoxy) is 1. The molecule has 1 heterocycles. The molecule has 0 aliphatic carbocycles. The van der Waals surface area contributed by atoms with E-state index in [1.165, 1.54) is 11.6 Å². The van der Waals surface area contributed by atoms with Crippen molar-refractivity contribution in [2.75, 3.05) is 6.61 Å².